The molecule has 0 fully saturated rings. The Morgan fingerprint density at radius 2 is 1.79 bits per heavy atom. The van der Waals surface area contributed by atoms with Crippen molar-refractivity contribution in [3.8, 4) is 28.5 Å². The first-order valence-corrected chi connectivity index (χ1v) is 17.7. The Labute approximate surface area is 324 Å². The number of carbonyl (C=O) groups excluding carboxylic acids is 2. The number of halogens is 6. The van der Waals surface area contributed by atoms with Crippen molar-refractivity contribution in [2.24, 2.45) is 14.1 Å². The smallest absolute Gasteiger partial charge is 0.348 e. The van der Waals surface area contributed by atoms with E-state index in [0.717, 1.165) is 34.1 Å². The first-order chi connectivity index (χ1) is 27.3. The summed E-state index contributed by atoms with van der Waals surface area (Å²) in [5.74, 6) is -2.61. The van der Waals surface area contributed by atoms with Crippen molar-refractivity contribution in [2.75, 3.05) is 6.54 Å². The van der Waals surface area contributed by atoms with E-state index < -0.39 is 53.2 Å². The number of pyridine rings is 1. The Balaban J connectivity index is 1.24. The predicted molar refractivity (Wildman–Crippen MR) is 194 cm³/mol. The van der Waals surface area contributed by atoms with Crippen LogP contribution in [0, 0.1) is 17.1 Å². The third-order valence-electron chi connectivity index (χ3n) is 9.92. The summed E-state index contributed by atoms with van der Waals surface area (Å²) in [5, 5.41) is 28.2. The minimum absolute atomic E-state index is 0.00586. The van der Waals surface area contributed by atoms with Gasteiger partial charge in [0.05, 0.1) is 46.7 Å². The summed E-state index contributed by atoms with van der Waals surface area (Å²) in [5.41, 5.74) is -0.675. The normalized spacial score (nSPS) is 13.9. The number of nitrogens with one attached hydrogen (secondary N) is 1. The molecule has 0 saturated carbocycles. The number of rotatable bonds is 10. The zero-order valence-corrected chi connectivity index (χ0v) is 31.2. The fraction of sp³-hybridized carbons (Fsp3) is 0.316. The van der Waals surface area contributed by atoms with E-state index in [1.54, 1.807) is 13.1 Å². The van der Waals surface area contributed by atoms with Crippen molar-refractivity contribution in [3.05, 3.63) is 105 Å². The lowest BCUT2D eigenvalue weighted by Crippen LogP contribution is -2.58. The molecule has 5 heterocycles. The monoisotopic (exact) mass is 805 g/mol. The number of carbonyl (C=O) groups is 2. The van der Waals surface area contributed by atoms with Gasteiger partial charge in [-0.3, -0.25) is 19.1 Å². The summed E-state index contributed by atoms with van der Waals surface area (Å²) >= 11 is 0. The Morgan fingerprint density at radius 1 is 1.03 bits per heavy atom. The highest BCUT2D eigenvalue weighted by Crippen LogP contribution is 2.37. The van der Waals surface area contributed by atoms with Crippen LogP contribution >= 0.6 is 0 Å². The minimum atomic E-state index is -4.83. The molecule has 1 N–H and O–H groups in total. The van der Waals surface area contributed by atoms with Crippen LogP contribution in [-0.4, -0.2) is 74.0 Å². The topological polar surface area (TPSA) is 162 Å². The van der Waals surface area contributed by atoms with Gasteiger partial charge in [-0.25, -0.2) is 13.8 Å². The minimum Gasteiger partial charge on any atom is -0.348 e. The lowest BCUT2D eigenvalue weighted by atomic mass is 9.87. The molecule has 300 valence electrons. The lowest BCUT2D eigenvalue weighted by molar-refractivity contribution is -0.141. The number of hydrogen-bond donors (Lipinski definition) is 1. The van der Waals surface area contributed by atoms with Crippen LogP contribution < -0.4 is 10.9 Å². The average Bonchev–Trinajstić information content (AvgIpc) is 3.90. The molecule has 0 saturated heterocycles. The molecule has 6 aromatic rings. The molecule has 58 heavy (non-hydrogen) atoms. The molecule has 1 atom stereocenters. The molecule has 0 bridgehead atoms. The van der Waals surface area contributed by atoms with Gasteiger partial charge in [-0.2, -0.15) is 37.4 Å². The van der Waals surface area contributed by atoms with E-state index in [9.17, 15) is 41.6 Å². The van der Waals surface area contributed by atoms with Crippen molar-refractivity contribution in [3.63, 3.8) is 0 Å². The van der Waals surface area contributed by atoms with Crippen molar-refractivity contribution in [1.29, 1.82) is 5.26 Å². The number of nitrogens with zero attached hydrogens (tertiary/aromatic N) is 10. The molecule has 1 aliphatic heterocycles. The molecule has 0 spiro atoms. The van der Waals surface area contributed by atoms with Gasteiger partial charge in [0.15, 0.2) is 5.69 Å². The quantitative estimate of drug-likeness (QED) is 0.189. The van der Waals surface area contributed by atoms with E-state index >= 15 is 4.39 Å². The van der Waals surface area contributed by atoms with Gasteiger partial charge in [0.2, 0.25) is 11.5 Å². The SMILES string of the molecule is Cn1cc(-c2cc(C(F)(F)F)nn2CC(C)(C)NC(=O)C(Cc2cnn(C(F)F)c2)N2CCc3c(-c4cc5c(cc4C#N)nnn5C)ccc(F)c3C2=O)ccc1=O. The molecule has 20 heteroatoms. The molecular formula is C38H33F6N11O3. The number of benzene rings is 2. The number of alkyl halides is 5. The lowest BCUT2D eigenvalue weighted by Gasteiger charge is -2.37. The van der Waals surface area contributed by atoms with Crippen molar-refractivity contribution >= 4 is 22.8 Å². The van der Waals surface area contributed by atoms with Crippen LogP contribution in [0.2, 0.25) is 0 Å². The zero-order chi connectivity index (χ0) is 41.8. The van der Waals surface area contributed by atoms with E-state index in [1.165, 1.54) is 60.6 Å². The Kier molecular flexibility index (Phi) is 9.95. The predicted octanol–water partition coefficient (Wildman–Crippen LogP) is 5.02. The van der Waals surface area contributed by atoms with Gasteiger partial charge < -0.3 is 14.8 Å². The molecule has 2 amide bonds. The highest BCUT2D eigenvalue weighted by atomic mass is 19.4. The maximum atomic E-state index is 15.8. The van der Waals surface area contributed by atoms with Gasteiger partial charge in [0.25, 0.3) is 5.91 Å². The molecule has 0 radical (unpaired) electrons. The summed E-state index contributed by atoms with van der Waals surface area (Å²) in [6.45, 7) is -0.470. The van der Waals surface area contributed by atoms with Gasteiger partial charge in [-0.1, -0.05) is 11.3 Å². The van der Waals surface area contributed by atoms with Gasteiger partial charge >= 0.3 is 12.7 Å². The number of nitriles is 1. The highest BCUT2D eigenvalue weighted by molar-refractivity contribution is 6.02. The number of fused-ring (bicyclic) bond motifs is 2. The third kappa shape index (κ3) is 7.42. The van der Waals surface area contributed by atoms with Crippen LogP contribution in [0.25, 0.3) is 33.4 Å². The maximum Gasteiger partial charge on any atom is 0.435 e. The highest BCUT2D eigenvalue weighted by Gasteiger charge is 2.40. The summed E-state index contributed by atoms with van der Waals surface area (Å²) in [6.07, 6.45) is -1.71. The largest absolute Gasteiger partial charge is 0.435 e. The molecular weight excluding hydrogens is 772 g/mol. The van der Waals surface area contributed by atoms with Crippen LogP contribution in [0.4, 0.5) is 26.3 Å². The summed E-state index contributed by atoms with van der Waals surface area (Å²) < 4.78 is 88.7. The number of aryl methyl sites for hydroxylation is 2. The molecule has 7 rings (SSSR count). The number of amides is 2. The Hall–Kier alpha value is -6.78. The summed E-state index contributed by atoms with van der Waals surface area (Å²) in [4.78, 5) is 41.9. The van der Waals surface area contributed by atoms with Crippen molar-refractivity contribution in [1.82, 2.24) is 49.3 Å². The standard InChI is InChI=1S/C38H33F6N11O3/c1-37(2,19-55-28(14-31(49-55)38(42,43)44)21-5-8-32(56)51(3)18-21)47-34(57)30(11-20-16-46-54(17-20)36(40)41)53-10-9-24-23(6-7-26(39)33(24)35(53)58)25-13-29-27(12-22(25)15-45)48-50-52(29)4/h5-8,12-14,16-18,30,36H,9-11,19H2,1-4H3,(H,47,57). The zero-order valence-electron chi connectivity index (χ0n) is 31.2. The fourth-order valence-corrected chi connectivity index (χ4v) is 7.17. The van der Waals surface area contributed by atoms with E-state index in [1.807, 2.05) is 0 Å². The van der Waals surface area contributed by atoms with Crippen molar-refractivity contribution < 1.29 is 35.9 Å². The Morgan fingerprint density at radius 3 is 2.47 bits per heavy atom. The first-order valence-electron chi connectivity index (χ1n) is 17.7. The molecule has 14 nitrogen and oxygen atoms in total. The summed E-state index contributed by atoms with van der Waals surface area (Å²) in [6, 6.07) is 9.75. The van der Waals surface area contributed by atoms with Gasteiger partial charge in [-0.05, 0) is 67.3 Å². The van der Waals surface area contributed by atoms with Crippen LogP contribution in [0.5, 0.6) is 0 Å². The molecule has 1 unspecified atom stereocenters. The second kappa shape index (κ2) is 14.6. The third-order valence-corrected chi connectivity index (χ3v) is 9.92. The average molecular weight is 806 g/mol. The molecule has 2 aromatic carbocycles. The second-order valence-corrected chi connectivity index (χ2v) is 14.5. The number of hydrogen-bond acceptors (Lipinski definition) is 8. The van der Waals surface area contributed by atoms with Crippen LogP contribution in [0.1, 0.15) is 53.1 Å². The van der Waals surface area contributed by atoms with Crippen molar-refractivity contribution in [2.45, 2.75) is 57.5 Å². The van der Waals surface area contributed by atoms with Crippen LogP contribution in [0.15, 0.2) is 65.8 Å². The molecule has 0 aliphatic carbocycles. The van der Waals surface area contributed by atoms with Crippen LogP contribution in [0.3, 0.4) is 0 Å². The Bertz CT molecular complexity index is 2700. The summed E-state index contributed by atoms with van der Waals surface area (Å²) in [7, 11) is 3.09. The van der Waals surface area contributed by atoms with Gasteiger partial charge in [0, 0.05) is 56.6 Å². The molecule has 1 aliphatic rings. The van der Waals surface area contributed by atoms with E-state index in [0.29, 0.717) is 26.8 Å². The van der Waals surface area contributed by atoms with E-state index in [2.05, 4.69) is 31.9 Å². The first kappa shape index (κ1) is 39.5. The fourth-order valence-electron chi connectivity index (χ4n) is 7.17. The van der Waals surface area contributed by atoms with E-state index in [-0.39, 0.29) is 59.4 Å². The van der Waals surface area contributed by atoms with Gasteiger partial charge in [0.1, 0.15) is 17.4 Å². The van der Waals surface area contributed by atoms with E-state index in [4.69, 9.17) is 0 Å². The number of aromatic nitrogens is 8. The van der Waals surface area contributed by atoms with Crippen LogP contribution in [-0.2, 0) is 44.5 Å². The maximum absolute atomic E-state index is 15.8. The molecule has 4 aromatic heterocycles. The second-order valence-electron chi connectivity index (χ2n) is 14.5. The van der Waals surface area contributed by atoms with Gasteiger partial charge in [-0.15, -0.1) is 5.10 Å².